The Morgan fingerprint density at radius 2 is 2.10 bits per heavy atom. The van der Waals surface area contributed by atoms with Gasteiger partial charge in [0.15, 0.2) is 5.82 Å². The Balaban J connectivity index is 1.63. The number of amides is 3. The molecule has 1 aromatic carbocycles. The van der Waals surface area contributed by atoms with Crippen molar-refractivity contribution in [3.63, 3.8) is 0 Å². The summed E-state index contributed by atoms with van der Waals surface area (Å²) in [4.78, 5) is 28.9. The lowest BCUT2D eigenvalue weighted by atomic mass is 9.99. The standard InChI is InChI=1S/C20H22ClF2N5O3/c1-10-5-15-12(18-19(30)26(2)6-11(9-29)7-28(18)25-15)8-27(10)20(31)24-14-4-3-13(22)16(21)17(14)23/h3-4,10-11,29H,5-9H2,1-2H3,(H,24,31)/t10-,11+/m1/s1. The van der Waals surface area contributed by atoms with E-state index in [-0.39, 0.29) is 36.7 Å². The number of nitrogens with zero attached hydrogens (tertiary/aromatic N) is 4. The summed E-state index contributed by atoms with van der Waals surface area (Å²) in [5.41, 5.74) is 1.53. The average Bonchev–Trinajstić information content (AvgIpc) is 3.02. The van der Waals surface area contributed by atoms with Crippen molar-refractivity contribution in [3.8, 4) is 0 Å². The molecule has 0 fully saturated rings. The Morgan fingerprint density at radius 1 is 1.35 bits per heavy atom. The highest BCUT2D eigenvalue weighted by atomic mass is 35.5. The van der Waals surface area contributed by atoms with Gasteiger partial charge in [-0.05, 0) is 19.1 Å². The molecule has 0 radical (unpaired) electrons. The first-order valence-corrected chi connectivity index (χ1v) is 10.2. The lowest BCUT2D eigenvalue weighted by Crippen LogP contribution is -2.45. The first-order chi connectivity index (χ1) is 14.7. The number of benzene rings is 1. The Morgan fingerprint density at radius 3 is 2.81 bits per heavy atom. The van der Waals surface area contributed by atoms with Gasteiger partial charge in [-0.15, -0.1) is 0 Å². The van der Waals surface area contributed by atoms with Crippen molar-refractivity contribution in [2.45, 2.75) is 32.5 Å². The van der Waals surface area contributed by atoms with Gasteiger partial charge in [0, 0.05) is 50.7 Å². The van der Waals surface area contributed by atoms with Crippen LogP contribution in [0.5, 0.6) is 0 Å². The maximum Gasteiger partial charge on any atom is 0.322 e. The second-order valence-electron chi connectivity index (χ2n) is 8.02. The van der Waals surface area contributed by atoms with E-state index >= 15 is 0 Å². The summed E-state index contributed by atoms with van der Waals surface area (Å²) in [6.45, 7) is 2.66. The lowest BCUT2D eigenvalue weighted by Gasteiger charge is -2.33. The molecule has 2 aliphatic rings. The van der Waals surface area contributed by atoms with Gasteiger partial charge in [0.25, 0.3) is 5.91 Å². The minimum absolute atomic E-state index is 0.0711. The molecule has 3 amide bonds. The van der Waals surface area contributed by atoms with Gasteiger partial charge < -0.3 is 20.2 Å². The predicted octanol–water partition coefficient (Wildman–Crippen LogP) is 2.49. The highest BCUT2D eigenvalue weighted by Gasteiger charge is 2.37. The van der Waals surface area contributed by atoms with Crippen LogP contribution < -0.4 is 5.32 Å². The number of halogens is 3. The molecule has 2 aliphatic heterocycles. The SMILES string of the molecule is C[C@@H]1Cc2nn3c(c2CN1C(=O)Nc1ccc(F)c(Cl)c1F)C(=O)N(C)C[C@H](CO)C3. The maximum atomic E-state index is 14.2. The number of urea groups is 1. The van der Waals surface area contributed by atoms with Crippen molar-refractivity contribution in [3.05, 3.63) is 45.7 Å². The number of aliphatic hydroxyl groups is 1. The largest absolute Gasteiger partial charge is 0.396 e. The lowest BCUT2D eigenvalue weighted by molar-refractivity contribution is 0.0761. The van der Waals surface area contributed by atoms with Gasteiger partial charge in [-0.1, -0.05) is 11.6 Å². The average molecular weight is 454 g/mol. The van der Waals surface area contributed by atoms with Crippen LogP contribution in [-0.2, 0) is 19.5 Å². The molecular formula is C20H22ClF2N5O3. The number of hydrogen-bond acceptors (Lipinski definition) is 4. The smallest absolute Gasteiger partial charge is 0.322 e. The summed E-state index contributed by atoms with van der Waals surface area (Å²) in [6, 6.07) is 1.21. The predicted molar refractivity (Wildman–Crippen MR) is 109 cm³/mol. The van der Waals surface area contributed by atoms with Crippen LogP contribution >= 0.6 is 11.6 Å². The normalized spacial score (nSPS) is 20.9. The summed E-state index contributed by atoms with van der Waals surface area (Å²) < 4.78 is 29.2. The summed E-state index contributed by atoms with van der Waals surface area (Å²) in [5.74, 6) is -2.33. The molecular weight excluding hydrogens is 432 g/mol. The van der Waals surface area contributed by atoms with Crippen LogP contribution in [0.4, 0.5) is 19.3 Å². The first-order valence-electron chi connectivity index (χ1n) is 9.87. The van der Waals surface area contributed by atoms with Crippen molar-refractivity contribution >= 4 is 29.2 Å². The summed E-state index contributed by atoms with van der Waals surface area (Å²) in [5, 5.41) is 15.9. The van der Waals surface area contributed by atoms with Crippen LogP contribution in [0.15, 0.2) is 12.1 Å². The molecule has 3 heterocycles. The van der Waals surface area contributed by atoms with Gasteiger partial charge in [-0.25, -0.2) is 13.6 Å². The van der Waals surface area contributed by atoms with Gasteiger partial charge in [-0.2, -0.15) is 5.10 Å². The Bertz CT molecular complexity index is 1060. The molecule has 0 spiro atoms. The molecule has 0 aliphatic carbocycles. The number of carbonyl (C=O) groups is 2. The van der Waals surface area contributed by atoms with Gasteiger partial charge in [0.2, 0.25) is 0 Å². The number of aliphatic hydroxyl groups excluding tert-OH is 1. The van der Waals surface area contributed by atoms with Gasteiger partial charge in [-0.3, -0.25) is 9.48 Å². The molecule has 0 unspecified atom stereocenters. The summed E-state index contributed by atoms with van der Waals surface area (Å²) in [7, 11) is 1.66. The van der Waals surface area contributed by atoms with E-state index in [9.17, 15) is 23.5 Å². The minimum atomic E-state index is -1.05. The van der Waals surface area contributed by atoms with Crippen LogP contribution in [0, 0.1) is 17.6 Å². The quantitative estimate of drug-likeness (QED) is 0.683. The zero-order chi connectivity index (χ0) is 22.4. The van der Waals surface area contributed by atoms with Gasteiger partial charge in [0.1, 0.15) is 16.5 Å². The van der Waals surface area contributed by atoms with Crippen molar-refractivity contribution in [1.29, 1.82) is 0 Å². The van der Waals surface area contributed by atoms with E-state index in [1.165, 1.54) is 4.90 Å². The molecule has 31 heavy (non-hydrogen) atoms. The van der Waals surface area contributed by atoms with Crippen molar-refractivity contribution in [2.24, 2.45) is 5.92 Å². The second-order valence-corrected chi connectivity index (χ2v) is 8.40. The molecule has 0 bridgehead atoms. The summed E-state index contributed by atoms with van der Waals surface area (Å²) >= 11 is 5.60. The van der Waals surface area contributed by atoms with Crippen molar-refractivity contribution < 1.29 is 23.5 Å². The highest BCUT2D eigenvalue weighted by molar-refractivity contribution is 6.31. The Kier molecular flexibility index (Phi) is 5.61. The molecule has 11 heteroatoms. The molecule has 4 rings (SSSR count). The minimum Gasteiger partial charge on any atom is -0.396 e. The number of rotatable bonds is 2. The first kappa shape index (κ1) is 21.5. The molecule has 0 saturated carbocycles. The van der Waals surface area contributed by atoms with E-state index in [0.717, 1.165) is 17.8 Å². The van der Waals surface area contributed by atoms with E-state index in [1.54, 1.807) is 16.6 Å². The molecule has 166 valence electrons. The molecule has 2 aromatic rings. The monoisotopic (exact) mass is 453 g/mol. The van der Waals surface area contributed by atoms with Crippen LogP contribution in [0.3, 0.4) is 0 Å². The van der Waals surface area contributed by atoms with E-state index in [4.69, 9.17) is 11.6 Å². The van der Waals surface area contributed by atoms with Crippen LogP contribution in [-0.4, -0.2) is 62.9 Å². The maximum absolute atomic E-state index is 14.2. The Labute approximate surface area is 182 Å². The number of aromatic nitrogens is 2. The molecule has 2 atom stereocenters. The van der Waals surface area contributed by atoms with E-state index in [0.29, 0.717) is 30.8 Å². The number of hydrogen-bond donors (Lipinski definition) is 2. The van der Waals surface area contributed by atoms with E-state index in [2.05, 4.69) is 10.4 Å². The van der Waals surface area contributed by atoms with Crippen molar-refractivity contribution in [2.75, 3.05) is 25.5 Å². The van der Waals surface area contributed by atoms with Crippen LogP contribution in [0.2, 0.25) is 5.02 Å². The third kappa shape index (κ3) is 3.74. The highest BCUT2D eigenvalue weighted by Crippen LogP contribution is 2.30. The third-order valence-corrected chi connectivity index (χ3v) is 6.14. The summed E-state index contributed by atoms with van der Waals surface area (Å²) in [6.07, 6.45) is 0.413. The number of carbonyl (C=O) groups excluding carboxylic acids is 2. The second kappa shape index (κ2) is 8.08. The Hall–Kier alpha value is -2.72. The fourth-order valence-electron chi connectivity index (χ4n) is 4.12. The molecule has 8 nitrogen and oxygen atoms in total. The molecule has 1 aromatic heterocycles. The zero-order valence-electron chi connectivity index (χ0n) is 17.0. The topological polar surface area (TPSA) is 90.7 Å². The van der Waals surface area contributed by atoms with Crippen LogP contribution in [0.1, 0.15) is 28.7 Å². The number of nitrogens with one attached hydrogen (secondary N) is 1. The van der Waals surface area contributed by atoms with Crippen LogP contribution in [0.25, 0.3) is 0 Å². The number of fused-ring (bicyclic) bond motifs is 3. The van der Waals surface area contributed by atoms with Gasteiger partial charge >= 0.3 is 6.03 Å². The zero-order valence-corrected chi connectivity index (χ0v) is 17.8. The fraction of sp³-hybridized carbons (Fsp3) is 0.450. The number of anilines is 1. The molecule has 2 N–H and O–H groups in total. The van der Waals surface area contributed by atoms with Gasteiger partial charge in [0.05, 0.1) is 17.9 Å². The third-order valence-electron chi connectivity index (χ3n) is 5.79. The van der Waals surface area contributed by atoms with E-state index < -0.39 is 22.7 Å². The fourth-order valence-corrected chi connectivity index (χ4v) is 4.28. The van der Waals surface area contributed by atoms with E-state index in [1.807, 2.05) is 6.92 Å². The molecule has 0 saturated heterocycles. The van der Waals surface area contributed by atoms with Crippen molar-refractivity contribution in [1.82, 2.24) is 19.6 Å².